The third kappa shape index (κ3) is 1.72. The molecule has 1 aromatic carbocycles. The van der Waals surface area contributed by atoms with E-state index in [1.807, 2.05) is 30.3 Å². The molecule has 0 amide bonds. The van der Waals surface area contributed by atoms with Gasteiger partial charge in [0.1, 0.15) is 0 Å². The Morgan fingerprint density at radius 1 is 1.06 bits per heavy atom. The lowest BCUT2D eigenvalue weighted by Crippen LogP contribution is -1.95. The summed E-state index contributed by atoms with van der Waals surface area (Å²) in [5, 5.41) is 1.05. The van der Waals surface area contributed by atoms with Crippen LogP contribution in [0, 0.1) is 0 Å². The molecule has 0 bridgehead atoms. The summed E-state index contributed by atoms with van der Waals surface area (Å²) < 4.78 is 4.73. The van der Waals surface area contributed by atoms with Gasteiger partial charge in [-0.3, -0.25) is 4.98 Å². The Hall–Kier alpha value is -2.42. The average molecular weight is 223 g/mol. The van der Waals surface area contributed by atoms with Crippen LogP contribution in [0.2, 0.25) is 0 Å². The van der Waals surface area contributed by atoms with Gasteiger partial charge in [-0.2, -0.15) is 0 Å². The van der Waals surface area contributed by atoms with Gasteiger partial charge in [0.05, 0.1) is 11.8 Å². The summed E-state index contributed by atoms with van der Waals surface area (Å²) in [4.78, 5) is 15.6. The van der Waals surface area contributed by atoms with Gasteiger partial charge in [0.25, 0.3) is 0 Å². The zero-order valence-corrected chi connectivity index (χ0v) is 8.96. The van der Waals surface area contributed by atoms with Gasteiger partial charge in [-0.1, -0.05) is 24.3 Å². The second-order valence-corrected chi connectivity index (χ2v) is 3.72. The Labute approximate surface area is 97.4 Å². The van der Waals surface area contributed by atoms with Crippen molar-refractivity contribution in [2.24, 2.45) is 0 Å². The maximum Gasteiger partial charge on any atom is 0.336 e. The van der Waals surface area contributed by atoms with E-state index in [2.05, 4.69) is 4.98 Å². The van der Waals surface area contributed by atoms with E-state index < -0.39 is 0 Å². The summed E-state index contributed by atoms with van der Waals surface area (Å²) >= 11 is 0. The molecule has 17 heavy (non-hydrogen) atoms. The summed E-state index contributed by atoms with van der Waals surface area (Å²) in [5.41, 5.74) is 2.30. The lowest BCUT2D eigenvalue weighted by Gasteiger charge is -2.04. The molecule has 0 fully saturated rings. The second kappa shape index (κ2) is 3.87. The molecule has 0 N–H and O–H groups in total. The van der Waals surface area contributed by atoms with Gasteiger partial charge in [0.2, 0.25) is 0 Å². The number of aromatic nitrogens is 1. The molecular weight excluding hydrogens is 214 g/mol. The van der Waals surface area contributed by atoms with Crippen LogP contribution < -0.4 is 5.63 Å². The van der Waals surface area contributed by atoms with Crippen LogP contribution in [0.15, 0.2) is 64.1 Å². The Kier molecular flexibility index (Phi) is 2.22. The van der Waals surface area contributed by atoms with Gasteiger partial charge in [0, 0.05) is 23.2 Å². The lowest BCUT2D eigenvalue weighted by molar-refractivity contribution is 0.511. The molecule has 0 atom stereocenters. The smallest absolute Gasteiger partial charge is 0.336 e. The number of fused-ring (bicyclic) bond motifs is 1. The Morgan fingerprint density at radius 3 is 2.82 bits per heavy atom. The molecule has 0 saturated carbocycles. The third-order valence-corrected chi connectivity index (χ3v) is 2.65. The van der Waals surface area contributed by atoms with Gasteiger partial charge in [0.15, 0.2) is 0 Å². The topological polar surface area (TPSA) is 43.1 Å². The minimum atomic E-state index is -0.351. The first-order valence-corrected chi connectivity index (χ1v) is 5.27. The van der Waals surface area contributed by atoms with E-state index in [0.29, 0.717) is 0 Å². The summed E-state index contributed by atoms with van der Waals surface area (Å²) in [6, 6.07) is 13.0. The molecule has 3 rings (SSSR count). The molecule has 0 aliphatic heterocycles. The van der Waals surface area contributed by atoms with Crippen molar-refractivity contribution < 1.29 is 4.42 Å². The average Bonchev–Trinajstić information content (AvgIpc) is 2.38. The molecule has 3 nitrogen and oxygen atoms in total. The largest absolute Gasteiger partial charge is 0.431 e. The highest BCUT2D eigenvalue weighted by atomic mass is 16.4. The number of rotatable bonds is 1. The van der Waals surface area contributed by atoms with Crippen molar-refractivity contribution in [3.63, 3.8) is 0 Å². The highest BCUT2D eigenvalue weighted by Crippen LogP contribution is 2.25. The lowest BCUT2D eigenvalue weighted by atomic mass is 10.0. The van der Waals surface area contributed by atoms with Crippen LogP contribution >= 0.6 is 0 Å². The predicted octanol–water partition coefficient (Wildman–Crippen LogP) is 2.86. The van der Waals surface area contributed by atoms with Gasteiger partial charge in [-0.05, 0) is 17.7 Å². The van der Waals surface area contributed by atoms with Crippen molar-refractivity contribution in [1.29, 1.82) is 0 Å². The molecule has 0 spiro atoms. The first-order chi connectivity index (χ1) is 8.34. The van der Waals surface area contributed by atoms with Crippen molar-refractivity contribution in [1.82, 2.24) is 4.98 Å². The minimum Gasteiger partial charge on any atom is -0.431 e. The molecule has 0 aliphatic rings. The quantitative estimate of drug-likeness (QED) is 0.637. The highest BCUT2D eigenvalue weighted by molar-refractivity contribution is 5.93. The van der Waals surface area contributed by atoms with Crippen LogP contribution in [-0.2, 0) is 0 Å². The van der Waals surface area contributed by atoms with E-state index in [-0.39, 0.29) is 5.63 Å². The second-order valence-electron chi connectivity index (χ2n) is 3.72. The number of nitrogens with zero attached hydrogens (tertiary/aromatic N) is 1. The third-order valence-electron chi connectivity index (χ3n) is 2.65. The summed E-state index contributed by atoms with van der Waals surface area (Å²) in [6.45, 7) is 0. The Morgan fingerprint density at radius 2 is 1.94 bits per heavy atom. The molecule has 0 unspecified atom stereocenters. The zero-order valence-electron chi connectivity index (χ0n) is 8.96. The van der Waals surface area contributed by atoms with Crippen molar-refractivity contribution in [2.75, 3.05) is 0 Å². The van der Waals surface area contributed by atoms with Crippen molar-refractivity contribution in [3.8, 4) is 11.1 Å². The first-order valence-electron chi connectivity index (χ1n) is 5.27. The Balaban J connectivity index is 2.34. The van der Waals surface area contributed by atoms with Crippen molar-refractivity contribution in [2.45, 2.75) is 0 Å². The molecule has 0 saturated heterocycles. The standard InChI is InChI=1S/C14H9NO2/c16-13-9-11(6-8-17-13)12-5-1-3-10-4-2-7-15-14(10)12/h1-9H. The van der Waals surface area contributed by atoms with Crippen molar-refractivity contribution >= 4 is 10.9 Å². The van der Waals surface area contributed by atoms with Crippen LogP contribution in [0.3, 0.4) is 0 Å². The molecular formula is C14H9NO2. The SMILES string of the molecule is O=c1cc(-c2cccc3cccnc23)cco1. The highest BCUT2D eigenvalue weighted by Gasteiger charge is 2.04. The van der Waals surface area contributed by atoms with E-state index in [1.165, 1.54) is 12.3 Å². The molecule has 2 heterocycles. The fourth-order valence-electron chi connectivity index (χ4n) is 1.89. The molecule has 3 heteroatoms. The monoisotopic (exact) mass is 223 g/mol. The normalized spacial score (nSPS) is 10.6. The van der Waals surface area contributed by atoms with Crippen LogP contribution in [0.5, 0.6) is 0 Å². The molecule has 82 valence electrons. The van der Waals surface area contributed by atoms with E-state index in [4.69, 9.17) is 4.42 Å². The van der Waals surface area contributed by atoms with E-state index in [9.17, 15) is 4.79 Å². The zero-order chi connectivity index (χ0) is 11.7. The van der Waals surface area contributed by atoms with Crippen LogP contribution in [0.25, 0.3) is 22.0 Å². The fraction of sp³-hybridized carbons (Fsp3) is 0. The molecule has 2 aromatic heterocycles. The number of hydrogen-bond acceptors (Lipinski definition) is 3. The van der Waals surface area contributed by atoms with Gasteiger partial charge in [-0.15, -0.1) is 0 Å². The fourth-order valence-corrected chi connectivity index (χ4v) is 1.89. The maximum atomic E-state index is 11.2. The van der Waals surface area contributed by atoms with E-state index in [0.717, 1.165) is 22.0 Å². The number of para-hydroxylation sites is 1. The van der Waals surface area contributed by atoms with E-state index in [1.54, 1.807) is 12.3 Å². The molecule has 0 aliphatic carbocycles. The van der Waals surface area contributed by atoms with Gasteiger partial charge < -0.3 is 4.42 Å². The molecule has 0 radical (unpaired) electrons. The van der Waals surface area contributed by atoms with Crippen LogP contribution in [0.4, 0.5) is 0 Å². The van der Waals surface area contributed by atoms with Gasteiger partial charge in [-0.25, -0.2) is 4.79 Å². The summed E-state index contributed by atoms with van der Waals surface area (Å²) in [6.07, 6.45) is 3.15. The van der Waals surface area contributed by atoms with E-state index >= 15 is 0 Å². The summed E-state index contributed by atoms with van der Waals surface area (Å²) in [5.74, 6) is 0. The number of hydrogen-bond donors (Lipinski definition) is 0. The predicted molar refractivity (Wildman–Crippen MR) is 65.7 cm³/mol. The summed E-state index contributed by atoms with van der Waals surface area (Å²) in [7, 11) is 0. The Bertz CT molecular complexity index is 726. The number of pyridine rings is 1. The first kappa shape index (κ1) is 9.78. The van der Waals surface area contributed by atoms with Gasteiger partial charge >= 0.3 is 5.63 Å². The molecule has 3 aromatic rings. The number of benzene rings is 1. The van der Waals surface area contributed by atoms with Crippen LogP contribution in [-0.4, -0.2) is 4.98 Å². The van der Waals surface area contributed by atoms with Crippen molar-refractivity contribution in [3.05, 3.63) is 65.3 Å². The minimum absolute atomic E-state index is 0.351. The van der Waals surface area contributed by atoms with Crippen LogP contribution in [0.1, 0.15) is 0 Å². The maximum absolute atomic E-state index is 11.2.